The van der Waals surface area contributed by atoms with Crippen LogP contribution in [0.2, 0.25) is 0 Å². The summed E-state index contributed by atoms with van der Waals surface area (Å²) < 4.78 is 7.59. The molecule has 5 nitrogen and oxygen atoms in total. The maximum Gasteiger partial charge on any atom is 0.322 e. The second-order valence-electron chi connectivity index (χ2n) is 6.30. The van der Waals surface area contributed by atoms with E-state index in [0.717, 1.165) is 29.2 Å². The summed E-state index contributed by atoms with van der Waals surface area (Å²) >= 11 is 0. The molecule has 0 saturated heterocycles. The highest BCUT2D eigenvalue weighted by Gasteiger charge is 2.32. The summed E-state index contributed by atoms with van der Waals surface area (Å²) in [6.45, 7) is 1.42. The molecule has 2 aromatic carbocycles. The van der Waals surface area contributed by atoms with Gasteiger partial charge in [0, 0.05) is 30.7 Å². The number of anilines is 1. The van der Waals surface area contributed by atoms with Gasteiger partial charge in [-0.25, -0.2) is 4.79 Å². The van der Waals surface area contributed by atoms with Gasteiger partial charge in [-0.3, -0.25) is 0 Å². The van der Waals surface area contributed by atoms with Crippen LogP contribution in [0.4, 0.5) is 10.5 Å². The number of fused-ring (bicyclic) bond motifs is 1. The molecule has 26 heavy (non-hydrogen) atoms. The zero-order chi connectivity index (χ0) is 17.9. The molecule has 1 N–H and O–H groups in total. The number of urea groups is 1. The zero-order valence-corrected chi connectivity index (χ0v) is 14.6. The number of aromatic nitrogens is 1. The molecule has 1 aliphatic heterocycles. The Morgan fingerprint density at radius 1 is 1.04 bits per heavy atom. The Hall–Kier alpha value is -3.21. The van der Waals surface area contributed by atoms with Crippen molar-refractivity contribution in [3.8, 4) is 5.75 Å². The summed E-state index contributed by atoms with van der Waals surface area (Å²) in [5.41, 5.74) is 2.93. The van der Waals surface area contributed by atoms with Crippen LogP contribution in [0.3, 0.4) is 0 Å². The van der Waals surface area contributed by atoms with E-state index in [1.807, 2.05) is 65.6 Å². The first-order valence-corrected chi connectivity index (χ1v) is 8.68. The van der Waals surface area contributed by atoms with Crippen molar-refractivity contribution >= 4 is 11.7 Å². The molecule has 0 aliphatic carbocycles. The van der Waals surface area contributed by atoms with E-state index in [1.165, 1.54) is 0 Å². The summed E-state index contributed by atoms with van der Waals surface area (Å²) in [4.78, 5) is 14.9. The second-order valence-corrected chi connectivity index (χ2v) is 6.30. The van der Waals surface area contributed by atoms with Gasteiger partial charge in [0.15, 0.2) is 0 Å². The largest absolute Gasteiger partial charge is 0.497 e. The van der Waals surface area contributed by atoms with Crippen LogP contribution in [-0.4, -0.2) is 29.2 Å². The summed E-state index contributed by atoms with van der Waals surface area (Å²) in [5, 5.41) is 3.01. The van der Waals surface area contributed by atoms with Gasteiger partial charge in [0.2, 0.25) is 0 Å². The molecule has 0 fully saturated rings. The van der Waals surface area contributed by atoms with E-state index in [4.69, 9.17) is 4.74 Å². The predicted molar refractivity (Wildman–Crippen MR) is 101 cm³/mol. The smallest absolute Gasteiger partial charge is 0.322 e. The predicted octanol–water partition coefficient (Wildman–Crippen LogP) is 4.13. The van der Waals surface area contributed by atoms with E-state index in [0.29, 0.717) is 6.54 Å². The third-order valence-electron chi connectivity index (χ3n) is 4.73. The molecule has 132 valence electrons. The van der Waals surface area contributed by atoms with Crippen LogP contribution in [0.5, 0.6) is 5.75 Å². The summed E-state index contributed by atoms with van der Waals surface area (Å²) in [7, 11) is 1.66. The van der Waals surface area contributed by atoms with Crippen LogP contribution >= 0.6 is 0 Å². The van der Waals surface area contributed by atoms with Crippen molar-refractivity contribution in [1.29, 1.82) is 0 Å². The molecule has 1 aliphatic rings. The number of carbonyl (C=O) groups is 1. The molecular formula is C21H21N3O2. The summed E-state index contributed by atoms with van der Waals surface area (Å²) in [5.74, 6) is 0.787. The molecule has 0 saturated carbocycles. The minimum Gasteiger partial charge on any atom is -0.497 e. The molecule has 1 aromatic heterocycles. The molecule has 2 amide bonds. The number of hydrogen-bond acceptors (Lipinski definition) is 2. The number of rotatable bonds is 3. The number of carbonyl (C=O) groups excluding carboxylic acids is 1. The van der Waals surface area contributed by atoms with Crippen LogP contribution < -0.4 is 10.1 Å². The Kier molecular flexibility index (Phi) is 4.35. The van der Waals surface area contributed by atoms with Crippen LogP contribution in [0.1, 0.15) is 17.3 Å². The van der Waals surface area contributed by atoms with Crippen LogP contribution in [0.25, 0.3) is 0 Å². The van der Waals surface area contributed by atoms with Crippen molar-refractivity contribution in [2.75, 3.05) is 19.0 Å². The minimum absolute atomic E-state index is 0.100. The fourth-order valence-electron chi connectivity index (χ4n) is 3.48. The number of nitrogens with one attached hydrogen (secondary N) is 1. The molecule has 3 aromatic rings. The molecule has 0 spiro atoms. The highest BCUT2D eigenvalue weighted by Crippen LogP contribution is 2.34. The topological polar surface area (TPSA) is 46.5 Å². The first-order chi connectivity index (χ1) is 12.8. The molecule has 4 rings (SSSR count). The molecule has 1 atom stereocenters. The lowest BCUT2D eigenvalue weighted by Gasteiger charge is -2.37. The van der Waals surface area contributed by atoms with Crippen LogP contribution in [0.15, 0.2) is 72.9 Å². The van der Waals surface area contributed by atoms with E-state index < -0.39 is 0 Å². The zero-order valence-electron chi connectivity index (χ0n) is 14.6. The first kappa shape index (κ1) is 16.3. The van der Waals surface area contributed by atoms with Gasteiger partial charge in [0.1, 0.15) is 5.75 Å². The number of para-hydroxylation sites is 1. The van der Waals surface area contributed by atoms with Crippen molar-refractivity contribution in [1.82, 2.24) is 9.47 Å². The Labute approximate surface area is 152 Å². The third kappa shape index (κ3) is 3.04. The van der Waals surface area contributed by atoms with Crippen molar-refractivity contribution in [3.05, 3.63) is 84.2 Å². The van der Waals surface area contributed by atoms with Gasteiger partial charge in [-0.2, -0.15) is 0 Å². The number of amides is 2. The number of methoxy groups -OCH3 is 1. The molecule has 0 bridgehead atoms. The van der Waals surface area contributed by atoms with E-state index in [-0.39, 0.29) is 12.1 Å². The minimum atomic E-state index is -0.155. The van der Waals surface area contributed by atoms with Crippen molar-refractivity contribution in [2.45, 2.75) is 12.6 Å². The molecule has 5 heteroatoms. The molecular weight excluding hydrogens is 326 g/mol. The lowest BCUT2D eigenvalue weighted by atomic mass is 10.00. The second kappa shape index (κ2) is 6.96. The number of ether oxygens (including phenoxy) is 1. The third-order valence-corrected chi connectivity index (χ3v) is 4.73. The van der Waals surface area contributed by atoms with E-state index >= 15 is 0 Å². The van der Waals surface area contributed by atoms with Crippen LogP contribution in [-0.2, 0) is 6.54 Å². The fraction of sp³-hybridized carbons (Fsp3) is 0.190. The maximum absolute atomic E-state index is 13.0. The number of nitrogens with zero attached hydrogens (tertiary/aromatic N) is 2. The quantitative estimate of drug-likeness (QED) is 0.774. The van der Waals surface area contributed by atoms with Crippen molar-refractivity contribution in [2.24, 2.45) is 0 Å². The van der Waals surface area contributed by atoms with Crippen molar-refractivity contribution < 1.29 is 9.53 Å². The lowest BCUT2D eigenvalue weighted by molar-refractivity contribution is 0.181. The monoisotopic (exact) mass is 347 g/mol. The Morgan fingerprint density at radius 2 is 1.88 bits per heavy atom. The average molecular weight is 347 g/mol. The number of hydrogen-bond donors (Lipinski definition) is 1. The fourth-order valence-corrected chi connectivity index (χ4v) is 3.48. The van der Waals surface area contributed by atoms with Crippen LogP contribution in [0, 0.1) is 0 Å². The van der Waals surface area contributed by atoms with Gasteiger partial charge in [-0.1, -0.05) is 30.3 Å². The van der Waals surface area contributed by atoms with Gasteiger partial charge in [-0.05, 0) is 42.0 Å². The Bertz CT molecular complexity index is 904. The van der Waals surface area contributed by atoms with E-state index in [2.05, 4.69) is 22.1 Å². The first-order valence-electron chi connectivity index (χ1n) is 8.68. The van der Waals surface area contributed by atoms with Gasteiger partial charge < -0.3 is 19.5 Å². The summed E-state index contributed by atoms with van der Waals surface area (Å²) in [6.07, 6.45) is 2.06. The standard InChI is InChI=1S/C21H21N3O2/c1-26-18-10-5-7-16(15-18)20-19-11-6-12-23(19)13-14-24(20)21(25)22-17-8-3-2-4-9-17/h2-12,15,20H,13-14H2,1H3,(H,22,25). The Morgan fingerprint density at radius 3 is 2.69 bits per heavy atom. The van der Waals surface area contributed by atoms with Crippen molar-refractivity contribution in [3.63, 3.8) is 0 Å². The molecule has 0 radical (unpaired) electrons. The van der Waals surface area contributed by atoms with Gasteiger partial charge in [0.25, 0.3) is 0 Å². The van der Waals surface area contributed by atoms with E-state index in [1.54, 1.807) is 7.11 Å². The summed E-state index contributed by atoms with van der Waals surface area (Å²) in [6, 6.07) is 21.3. The highest BCUT2D eigenvalue weighted by molar-refractivity contribution is 5.90. The highest BCUT2D eigenvalue weighted by atomic mass is 16.5. The SMILES string of the molecule is COc1cccc(C2c3cccn3CCN2C(=O)Nc2ccccc2)c1. The molecule has 1 unspecified atom stereocenters. The van der Waals surface area contributed by atoms with Gasteiger partial charge in [0.05, 0.1) is 13.2 Å². The van der Waals surface area contributed by atoms with E-state index in [9.17, 15) is 4.79 Å². The average Bonchev–Trinajstić information content (AvgIpc) is 3.16. The van der Waals surface area contributed by atoms with Gasteiger partial charge in [-0.15, -0.1) is 0 Å². The molecule has 2 heterocycles. The van der Waals surface area contributed by atoms with Gasteiger partial charge >= 0.3 is 6.03 Å². The lowest BCUT2D eigenvalue weighted by Crippen LogP contribution is -2.44. The maximum atomic E-state index is 13.0. The normalized spacial score (nSPS) is 16.0. The number of benzene rings is 2. The Balaban J connectivity index is 1.69.